The normalized spacial score (nSPS) is 9.88. The number of hydrogen-bond acceptors (Lipinski definition) is 3. The summed E-state index contributed by atoms with van der Waals surface area (Å²) in [6.07, 6.45) is 1.80. The third-order valence-electron chi connectivity index (χ3n) is 2.25. The Morgan fingerprint density at radius 3 is 2.71 bits per heavy atom. The largest absolute Gasteiger partial charge is 0.486 e. The molecule has 1 aromatic carbocycles. The molecule has 0 N–H and O–H groups in total. The van der Waals surface area contributed by atoms with Crippen molar-refractivity contribution in [3.63, 3.8) is 0 Å². The van der Waals surface area contributed by atoms with Crippen LogP contribution in [0.15, 0.2) is 23.8 Å². The number of nitrogens with zero attached hydrogens (tertiary/aromatic N) is 1. The van der Waals surface area contributed by atoms with Gasteiger partial charge in [-0.25, -0.2) is 4.39 Å². The molecule has 0 heterocycles. The van der Waals surface area contributed by atoms with Gasteiger partial charge in [-0.15, -0.1) is 0 Å². The number of hydrogen-bond donors (Lipinski definition) is 0. The van der Waals surface area contributed by atoms with Crippen LogP contribution in [0, 0.1) is 22.9 Å². The first-order valence-corrected chi connectivity index (χ1v) is 5.13. The molecular formula is C12H14FNO3. The Labute approximate surface area is 98.9 Å². The van der Waals surface area contributed by atoms with E-state index >= 15 is 0 Å². The van der Waals surface area contributed by atoms with Gasteiger partial charge in [-0.3, -0.25) is 10.1 Å². The van der Waals surface area contributed by atoms with Gasteiger partial charge in [-0.1, -0.05) is 5.57 Å². The van der Waals surface area contributed by atoms with Crippen LogP contribution in [0.2, 0.25) is 0 Å². The first kappa shape index (κ1) is 13.2. The Kier molecular flexibility index (Phi) is 4.20. The smallest absolute Gasteiger partial charge is 0.275 e. The van der Waals surface area contributed by atoms with Crippen LogP contribution in [0.4, 0.5) is 10.1 Å². The maximum absolute atomic E-state index is 13.7. The van der Waals surface area contributed by atoms with Gasteiger partial charge in [-0.05, 0) is 32.9 Å². The van der Waals surface area contributed by atoms with Crippen LogP contribution in [0.5, 0.6) is 5.75 Å². The summed E-state index contributed by atoms with van der Waals surface area (Å²) < 4.78 is 18.9. The first-order chi connectivity index (χ1) is 7.93. The van der Waals surface area contributed by atoms with Gasteiger partial charge in [0.25, 0.3) is 5.69 Å². The summed E-state index contributed by atoms with van der Waals surface area (Å²) in [6.45, 7) is 5.42. The van der Waals surface area contributed by atoms with E-state index in [1.165, 1.54) is 19.1 Å². The maximum atomic E-state index is 13.7. The zero-order valence-corrected chi connectivity index (χ0v) is 9.99. The van der Waals surface area contributed by atoms with Crippen molar-refractivity contribution in [2.75, 3.05) is 6.61 Å². The maximum Gasteiger partial charge on any atom is 0.275 e. The number of ether oxygens (including phenoxy) is 1. The van der Waals surface area contributed by atoms with Crippen LogP contribution < -0.4 is 4.74 Å². The lowest BCUT2D eigenvalue weighted by molar-refractivity contribution is -0.385. The molecule has 0 aliphatic heterocycles. The minimum absolute atomic E-state index is 0.00954. The molecule has 4 nitrogen and oxygen atoms in total. The second kappa shape index (κ2) is 5.43. The Morgan fingerprint density at radius 2 is 2.18 bits per heavy atom. The van der Waals surface area contributed by atoms with Crippen molar-refractivity contribution in [1.82, 2.24) is 0 Å². The Hall–Kier alpha value is -1.91. The number of benzene rings is 1. The average molecular weight is 239 g/mol. The fourth-order valence-corrected chi connectivity index (χ4v) is 1.26. The SMILES string of the molecule is CC(C)=CCOc1ccc([N+](=O)[O-])c(C)c1F. The fourth-order valence-electron chi connectivity index (χ4n) is 1.26. The van der Waals surface area contributed by atoms with Crippen molar-refractivity contribution >= 4 is 5.69 Å². The van der Waals surface area contributed by atoms with Crippen LogP contribution in [0.1, 0.15) is 19.4 Å². The quantitative estimate of drug-likeness (QED) is 0.459. The van der Waals surface area contributed by atoms with Gasteiger partial charge in [-0.2, -0.15) is 0 Å². The van der Waals surface area contributed by atoms with Crippen LogP contribution in [-0.2, 0) is 0 Å². The molecule has 0 aliphatic carbocycles. The number of nitro groups is 1. The summed E-state index contributed by atoms with van der Waals surface area (Å²) in [5, 5.41) is 10.6. The molecule has 1 rings (SSSR count). The van der Waals surface area contributed by atoms with Crippen LogP contribution >= 0.6 is 0 Å². The van der Waals surface area contributed by atoms with Crippen molar-refractivity contribution in [3.05, 3.63) is 45.3 Å². The second-order valence-corrected chi connectivity index (χ2v) is 3.87. The Morgan fingerprint density at radius 1 is 1.53 bits per heavy atom. The van der Waals surface area contributed by atoms with Gasteiger partial charge in [0, 0.05) is 6.07 Å². The van der Waals surface area contributed by atoms with E-state index in [2.05, 4.69) is 0 Å². The summed E-state index contributed by atoms with van der Waals surface area (Å²) in [5.41, 5.74) is 0.811. The third-order valence-corrected chi connectivity index (χ3v) is 2.25. The van der Waals surface area contributed by atoms with Crippen molar-refractivity contribution in [2.24, 2.45) is 0 Å². The average Bonchev–Trinajstić information content (AvgIpc) is 2.23. The van der Waals surface area contributed by atoms with Crippen molar-refractivity contribution in [1.29, 1.82) is 0 Å². The summed E-state index contributed by atoms with van der Waals surface area (Å²) in [7, 11) is 0. The molecule has 1 aromatic rings. The zero-order chi connectivity index (χ0) is 13.0. The number of rotatable bonds is 4. The first-order valence-electron chi connectivity index (χ1n) is 5.13. The van der Waals surface area contributed by atoms with Gasteiger partial charge in [0.2, 0.25) is 0 Å². The standard InChI is InChI=1S/C12H14FNO3/c1-8(2)6-7-17-11-5-4-10(14(15)16)9(3)12(11)13/h4-6H,7H2,1-3H3. The van der Waals surface area contributed by atoms with Crippen molar-refractivity contribution < 1.29 is 14.1 Å². The molecule has 17 heavy (non-hydrogen) atoms. The molecule has 92 valence electrons. The predicted octanol–water partition coefficient (Wildman–Crippen LogP) is 3.39. The van der Waals surface area contributed by atoms with E-state index < -0.39 is 10.7 Å². The van der Waals surface area contributed by atoms with E-state index in [4.69, 9.17) is 4.74 Å². The molecular weight excluding hydrogens is 225 g/mol. The highest BCUT2D eigenvalue weighted by atomic mass is 19.1. The lowest BCUT2D eigenvalue weighted by atomic mass is 10.2. The molecule has 0 atom stereocenters. The number of allylic oxidation sites excluding steroid dienone is 1. The molecule has 0 saturated carbocycles. The topological polar surface area (TPSA) is 52.4 Å². The number of halogens is 1. The van der Waals surface area contributed by atoms with E-state index in [-0.39, 0.29) is 23.6 Å². The monoisotopic (exact) mass is 239 g/mol. The van der Waals surface area contributed by atoms with E-state index in [0.717, 1.165) is 5.57 Å². The van der Waals surface area contributed by atoms with Crippen LogP contribution in [0.25, 0.3) is 0 Å². The Balaban J connectivity index is 2.93. The highest BCUT2D eigenvalue weighted by Crippen LogP contribution is 2.27. The summed E-state index contributed by atoms with van der Waals surface area (Å²) >= 11 is 0. The highest BCUT2D eigenvalue weighted by Gasteiger charge is 2.17. The van der Waals surface area contributed by atoms with E-state index in [1.807, 2.05) is 13.8 Å². The van der Waals surface area contributed by atoms with E-state index in [0.29, 0.717) is 0 Å². The summed E-state index contributed by atoms with van der Waals surface area (Å²) in [5.74, 6) is -0.646. The van der Waals surface area contributed by atoms with Crippen molar-refractivity contribution in [2.45, 2.75) is 20.8 Å². The van der Waals surface area contributed by atoms with Gasteiger partial charge < -0.3 is 4.74 Å². The molecule has 0 saturated heterocycles. The molecule has 5 heteroatoms. The molecule has 0 aromatic heterocycles. The number of nitro benzene ring substituents is 1. The van der Waals surface area contributed by atoms with Gasteiger partial charge >= 0.3 is 0 Å². The van der Waals surface area contributed by atoms with Gasteiger partial charge in [0.05, 0.1) is 10.5 Å². The van der Waals surface area contributed by atoms with Crippen LogP contribution in [-0.4, -0.2) is 11.5 Å². The zero-order valence-electron chi connectivity index (χ0n) is 9.99. The lowest BCUT2D eigenvalue weighted by Gasteiger charge is -2.07. The lowest BCUT2D eigenvalue weighted by Crippen LogP contribution is -2.00. The fraction of sp³-hybridized carbons (Fsp3) is 0.333. The third kappa shape index (κ3) is 3.27. The van der Waals surface area contributed by atoms with Gasteiger partial charge in [0.1, 0.15) is 6.61 Å². The minimum Gasteiger partial charge on any atom is -0.486 e. The van der Waals surface area contributed by atoms with E-state index in [1.54, 1.807) is 6.08 Å². The Bertz CT molecular complexity index is 465. The van der Waals surface area contributed by atoms with Gasteiger partial charge in [0.15, 0.2) is 11.6 Å². The summed E-state index contributed by atoms with van der Waals surface area (Å²) in [6, 6.07) is 2.52. The molecule has 0 bridgehead atoms. The van der Waals surface area contributed by atoms with Crippen LogP contribution in [0.3, 0.4) is 0 Å². The molecule has 0 fully saturated rings. The second-order valence-electron chi connectivity index (χ2n) is 3.87. The van der Waals surface area contributed by atoms with E-state index in [9.17, 15) is 14.5 Å². The summed E-state index contributed by atoms with van der Waals surface area (Å²) in [4.78, 5) is 9.96. The predicted molar refractivity (Wildman–Crippen MR) is 62.7 cm³/mol. The molecule has 0 amide bonds. The molecule has 0 radical (unpaired) electrons. The molecule has 0 spiro atoms. The highest BCUT2D eigenvalue weighted by molar-refractivity contribution is 5.45. The minimum atomic E-state index is -0.679. The molecule has 0 aliphatic rings. The molecule has 0 unspecified atom stereocenters. The van der Waals surface area contributed by atoms with Crippen molar-refractivity contribution in [3.8, 4) is 5.75 Å².